The third-order valence-electron chi connectivity index (χ3n) is 4.82. The molecule has 0 unspecified atom stereocenters. The number of amides is 2. The van der Waals surface area contributed by atoms with Crippen molar-refractivity contribution >= 4 is 34.8 Å². The van der Waals surface area contributed by atoms with E-state index in [1.165, 1.54) is 0 Å². The molecule has 4 aromatic rings. The van der Waals surface area contributed by atoms with Gasteiger partial charge in [-0.3, -0.25) is 9.59 Å². The van der Waals surface area contributed by atoms with Gasteiger partial charge in [0.15, 0.2) is 0 Å². The summed E-state index contributed by atoms with van der Waals surface area (Å²) in [4.78, 5) is 29.5. The molecular weight excluding hydrogens is 426 g/mol. The first-order chi connectivity index (χ1) is 15.4. The molecule has 3 aromatic carbocycles. The van der Waals surface area contributed by atoms with Crippen LogP contribution in [-0.4, -0.2) is 26.6 Å². The van der Waals surface area contributed by atoms with E-state index < -0.39 is 5.91 Å². The monoisotopic (exact) mass is 445 g/mol. The molecule has 0 aliphatic carbocycles. The van der Waals surface area contributed by atoms with Crippen molar-refractivity contribution in [3.63, 3.8) is 0 Å². The SMILES string of the molecule is Cc1ccc(NC(=O)c2ccccc2)cc1NC(=O)c1nc(C)n(-c2ccc(Cl)cc2)n1. The van der Waals surface area contributed by atoms with Crippen molar-refractivity contribution in [2.24, 2.45) is 0 Å². The number of aromatic nitrogens is 3. The van der Waals surface area contributed by atoms with Crippen LogP contribution in [0.1, 0.15) is 32.4 Å². The van der Waals surface area contributed by atoms with E-state index >= 15 is 0 Å². The lowest BCUT2D eigenvalue weighted by molar-refractivity contribution is 0.101. The van der Waals surface area contributed by atoms with Crippen LogP contribution < -0.4 is 10.6 Å². The number of nitrogens with one attached hydrogen (secondary N) is 2. The number of anilines is 2. The second-order valence-corrected chi connectivity index (χ2v) is 7.61. The van der Waals surface area contributed by atoms with Gasteiger partial charge >= 0.3 is 0 Å². The lowest BCUT2D eigenvalue weighted by atomic mass is 10.1. The first kappa shape index (κ1) is 21.3. The number of halogens is 1. The zero-order valence-electron chi connectivity index (χ0n) is 17.5. The number of hydrogen-bond donors (Lipinski definition) is 2. The summed E-state index contributed by atoms with van der Waals surface area (Å²) in [6, 6.07) is 21.3. The molecule has 0 radical (unpaired) electrons. The molecule has 32 heavy (non-hydrogen) atoms. The van der Waals surface area contributed by atoms with Gasteiger partial charge < -0.3 is 10.6 Å². The molecule has 160 valence electrons. The Morgan fingerprint density at radius 3 is 2.31 bits per heavy atom. The van der Waals surface area contributed by atoms with E-state index in [9.17, 15) is 9.59 Å². The lowest BCUT2D eigenvalue weighted by Gasteiger charge is -2.11. The molecule has 8 heteroatoms. The highest BCUT2D eigenvalue weighted by atomic mass is 35.5. The predicted molar refractivity (Wildman–Crippen MR) is 125 cm³/mol. The number of carbonyl (C=O) groups excluding carboxylic acids is 2. The lowest BCUT2D eigenvalue weighted by Crippen LogP contribution is -2.16. The Morgan fingerprint density at radius 1 is 0.875 bits per heavy atom. The number of aryl methyl sites for hydroxylation is 2. The van der Waals surface area contributed by atoms with Crippen LogP contribution in [-0.2, 0) is 0 Å². The maximum atomic E-state index is 12.8. The molecule has 0 aliphatic heterocycles. The van der Waals surface area contributed by atoms with Gasteiger partial charge in [-0.2, -0.15) is 0 Å². The van der Waals surface area contributed by atoms with E-state index in [2.05, 4.69) is 20.7 Å². The molecule has 4 rings (SSSR count). The van der Waals surface area contributed by atoms with Crippen LogP contribution >= 0.6 is 11.6 Å². The van der Waals surface area contributed by atoms with Crippen molar-refractivity contribution in [3.8, 4) is 5.69 Å². The molecule has 2 amide bonds. The zero-order chi connectivity index (χ0) is 22.7. The number of rotatable bonds is 5. The molecule has 1 heterocycles. The van der Waals surface area contributed by atoms with Gasteiger partial charge in [0.05, 0.1) is 5.69 Å². The Labute approximate surface area is 190 Å². The summed E-state index contributed by atoms with van der Waals surface area (Å²) in [6.07, 6.45) is 0. The first-order valence-electron chi connectivity index (χ1n) is 9.89. The standard InChI is InChI=1S/C24H20ClN5O2/c1-15-8-11-19(27-23(31)17-6-4-3-5-7-17)14-21(15)28-24(32)22-26-16(2)30(29-22)20-12-9-18(25)10-13-20/h3-14H,1-2H3,(H,27,31)(H,28,32). The van der Waals surface area contributed by atoms with Gasteiger partial charge in [0, 0.05) is 22.0 Å². The van der Waals surface area contributed by atoms with E-state index in [0.717, 1.165) is 11.3 Å². The molecule has 7 nitrogen and oxygen atoms in total. The van der Waals surface area contributed by atoms with Gasteiger partial charge in [0.25, 0.3) is 11.8 Å². The summed E-state index contributed by atoms with van der Waals surface area (Å²) >= 11 is 5.94. The Hall–Kier alpha value is -3.97. The van der Waals surface area contributed by atoms with E-state index in [1.807, 2.05) is 19.1 Å². The van der Waals surface area contributed by atoms with Crippen LogP contribution in [0.2, 0.25) is 5.02 Å². The molecule has 1 aromatic heterocycles. The maximum Gasteiger partial charge on any atom is 0.295 e. The molecule has 0 spiro atoms. The van der Waals surface area contributed by atoms with Gasteiger partial charge in [0.1, 0.15) is 5.82 Å². The van der Waals surface area contributed by atoms with Crippen molar-refractivity contribution in [2.75, 3.05) is 10.6 Å². The van der Waals surface area contributed by atoms with Gasteiger partial charge in [0.2, 0.25) is 5.82 Å². The quantitative estimate of drug-likeness (QED) is 0.450. The first-order valence-corrected chi connectivity index (χ1v) is 10.3. The summed E-state index contributed by atoms with van der Waals surface area (Å²) in [5.41, 5.74) is 3.26. The zero-order valence-corrected chi connectivity index (χ0v) is 18.2. The van der Waals surface area contributed by atoms with E-state index in [4.69, 9.17) is 11.6 Å². The molecule has 0 aliphatic rings. The average Bonchev–Trinajstić information content (AvgIpc) is 3.19. The highest BCUT2D eigenvalue weighted by Gasteiger charge is 2.17. The van der Waals surface area contributed by atoms with Gasteiger partial charge in [-0.1, -0.05) is 35.9 Å². The van der Waals surface area contributed by atoms with Crippen LogP contribution in [0.3, 0.4) is 0 Å². The van der Waals surface area contributed by atoms with E-state index in [-0.39, 0.29) is 11.7 Å². The van der Waals surface area contributed by atoms with Crippen molar-refractivity contribution < 1.29 is 9.59 Å². The third kappa shape index (κ3) is 4.68. The highest BCUT2D eigenvalue weighted by molar-refractivity contribution is 6.30. The predicted octanol–water partition coefficient (Wildman–Crippen LogP) is 5.04. The summed E-state index contributed by atoms with van der Waals surface area (Å²) in [7, 11) is 0. The van der Waals surface area contributed by atoms with Gasteiger partial charge in [-0.05, 0) is 67.9 Å². The fourth-order valence-electron chi connectivity index (χ4n) is 3.12. The summed E-state index contributed by atoms with van der Waals surface area (Å²) in [6.45, 7) is 3.63. The normalized spacial score (nSPS) is 10.6. The summed E-state index contributed by atoms with van der Waals surface area (Å²) < 4.78 is 1.58. The van der Waals surface area contributed by atoms with Crippen molar-refractivity contribution in [3.05, 3.63) is 101 Å². The fourth-order valence-corrected chi connectivity index (χ4v) is 3.24. The Morgan fingerprint density at radius 2 is 1.59 bits per heavy atom. The van der Waals surface area contributed by atoms with Crippen LogP contribution in [0.4, 0.5) is 11.4 Å². The van der Waals surface area contributed by atoms with Gasteiger partial charge in [-0.15, -0.1) is 5.10 Å². The fraction of sp³-hybridized carbons (Fsp3) is 0.0833. The second-order valence-electron chi connectivity index (χ2n) is 7.17. The molecule has 2 N–H and O–H groups in total. The highest BCUT2D eigenvalue weighted by Crippen LogP contribution is 2.22. The number of nitrogens with zero attached hydrogens (tertiary/aromatic N) is 3. The van der Waals surface area contributed by atoms with Crippen LogP contribution in [0.25, 0.3) is 5.69 Å². The Kier molecular flexibility index (Phi) is 6.00. The van der Waals surface area contributed by atoms with Crippen LogP contribution in [0, 0.1) is 13.8 Å². The summed E-state index contributed by atoms with van der Waals surface area (Å²) in [5.74, 6) is -0.0742. The number of benzene rings is 3. The molecule has 0 saturated carbocycles. The smallest absolute Gasteiger partial charge is 0.295 e. The third-order valence-corrected chi connectivity index (χ3v) is 5.07. The molecule has 0 bridgehead atoms. The minimum Gasteiger partial charge on any atom is -0.322 e. The van der Waals surface area contributed by atoms with Crippen molar-refractivity contribution in [2.45, 2.75) is 13.8 Å². The summed E-state index contributed by atoms with van der Waals surface area (Å²) in [5, 5.41) is 10.6. The minimum absolute atomic E-state index is 0.0376. The van der Waals surface area contributed by atoms with E-state index in [0.29, 0.717) is 27.8 Å². The molecule has 0 atom stereocenters. The van der Waals surface area contributed by atoms with Gasteiger partial charge in [-0.25, -0.2) is 9.67 Å². The Bertz CT molecular complexity index is 1280. The van der Waals surface area contributed by atoms with E-state index in [1.54, 1.807) is 72.3 Å². The van der Waals surface area contributed by atoms with Crippen molar-refractivity contribution in [1.29, 1.82) is 0 Å². The maximum absolute atomic E-state index is 12.8. The molecule has 0 saturated heterocycles. The van der Waals surface area contributed by atoms with Crippen LogP contribution in [0.15, 0.2) is 72.8 Å². The molecular formula is C24H20ClN5O2. The topological polar surface area (TPSA) is 88.9 Å². The Balaban J connectivity index is 1.52. The molecule has 0 fully saturated rings. The van der Waals surface area contributed by atoms with Crippen molar-refractivity contribution in [1.82, 2.24) is 14.8 Å². The largest absolute Gasteiger partial charge is 0.322 e. The number of hydrogen-bond acceptors (Lipinski definition) is 4. The average molecular weight is 446 g/mol. The second kappa shape index (κ2) is 9.03. The number of carbonyl (C=O) groups is 2. The van der Waals surface area contributed by atoms with Crippen LogP contribution in [0.5, 0.6) is 0 Å². The minimum atomic E-state index is -0.449.